The maximum atomic E-state index is 14.3. The van der Waals surface area contributed by atoms with E-state index in [2.05, 4.69) is 0 Å². The molecule has 1 aliphatic rings. The fraction of sp³-hybridized carbons (Fsp3) is 0.200. The van der Waals surface area contributed by atoms with Gasteiger partial charge in [0.25, 0.3) is 5.66 Å². The normalized spacial score (nSPS) is 22.8. The van der Waals surface area contributed by atoms with E-state index < -0.39 is 24.7 Å². The van der Waals surface area contributed by atoms with Crippen LogP contribution in [-0.2, 0) is 5.16 Å². The number of alkyl halides is 5. The highest BCUT2D eigenvalue weighted by molar-refractivity contribution is 7.69. The Bertz CT molecular complexity index is 597. The molecule has 1 atom stereocenters. The van der Waals surface area contributed by atoms with Crippen molar-refractivity contribution in [3.05, 3.63) is 71.8 Å². The molecule has 3 rings (SSSR count). The van der Waals surface area contributed by atoms with Crippen molar-refractivity contribution < 1.29 is 22.0 Å². The molecule has 0 radical (unpaired) electrons. The lowest BCUT2D eigenvalue weighted by molar-refractivity contribution is -0.0410. The molecular formula is C15H10F5P. The van der Waals surface area contributed by atoms with E-state index in [1.165, 1.54) is 48.5 Å². The summed E-state index contributed by atoms with van der Waals surface area (Å²) in [5.74, 6) is -4.90. The highest BCUT2D eigenvalue weighted by atomic mass is 31.1. The Morgan fingerprint density at radius 1 is 0.714 bits per heavy atom. The van der Waals surface area contributed by atoms with Gasteiger partial charge in [0.1, 0.15) is 13.1 Å². The van der Waals surface area contributed by atoms with Gasteiger partial charge in [-0.2, -0.15) is 22.0 Å². The Balaban J connectivity index is 2.25. The molecule has 0 amide bonds. The maximum Gasteiger partial charge on any atom is 0.412 e. The number of rotatable bonds is 2. The second kappa shape index (κ2) is 4.51. The highest BCUT2D eigenvalue weighted by Crippen LogP contribution is 2.96. The molecule has 2 aromatic rings. The van der Waals surface area contributed by atoms with Crippen LogP contribution in [0.2, 0.25) is 0 Å². The van der Waals surface area contributed by atoms with Crippen LogP contribution < -0.4 is 0 Å². The molecule has 0 bridgehead atoms. The fourth-order valence-electron chi connectivity index (χ4n) is 2.79. The first-order valence-corrected chi connectivity index (χ1v) is 7.53. The third-order valence-electron chi connectivity index (χ3n) is 3.64. The van der Waals surface area contributed by atoms with Crippen molar-refractivity contribution in [2.45, 2.75) is 16.7 Å². The molecule has 0 spiro atoms. The summed E-state index contributed by atoms with van der Waals surface area (Å²) < 4.78 is 68.0. The topological polar surface area (TPSA) is 0 Å². The van der Waals surface area contributed by atoms with Crippen molar-refractivity contribution in [3.63, 3.8) is 0 Å². The predicted molar refractivity (Wildman–Crippen MR) is 71.6 cm³/mol. The Kier molecular flexibility index (Phi) is 3.10. The molecule has 1 saturated heterocycles. The zero-order chi connectivity index (χ0) is 15.3. The quantitative estimate of drug-likeness (QED) is 0.504. The molecule has 1 aliphatic heterocycles. The highest BCUT2D eigenvalue weighted by Gasteiger charge is 2.90. The molecule has 110 valence electrons. The summed E-state index contributed by atoms with van der Waals surface area (Å²) in [4.78, 5) is 0. The molecular weight excluding hydrogens is 306 g/mol. The molecule has 21 heavy (non-hydrogen) atoms. The third kappa shape index (κ3) is 1.90. The first-order valence-electron chi connectivity index (χ1n) is 6.19. The van der Waals surface area contributed by atoms with E-state index in [1.54, 1.807) is 12.1 Å². The molecule has 1 fully saturated rings. The van der Waals surface area contributed by atoms with Crippen LogP contribution in [0.25, 0.3) is 0 Å². The lowest BCUT2D eigenvalue weighted by Gasteiger charge is -2.18. The minimum Gasteiger partial charge on any atom is -0.200 e. The van der Waals surface area contributed by atoms with Crippen molar-refractivity contribution in [2.24, 2.45) is 0 Å². The van der Waals surface area contributed by atoms with Crippen molar-refractivity contribution in [1.82, 2.24) is 0 Å². The van der Waals surface area contributed by atoms with Crippen LogP contribution in [-0.4, -0.2) is 11.6 Å². The van der Waals surface area contributed by atoms with Gasteiger partial charge in [0.15, 0.2) is 0 Å². The smallest absolute Gasteiger partial charge is 0.200 e. The average molecular weight is 316 g/mol. The van der Waals surface area contributed by atoms with Gasteiger partial charge < -0.3 is 0 Å². The molecule has 0 saturated carbocycles. The SMILES string of the molecule is FC(F)(F)P1C(F)(F)C1(c1ccccc1)c1ccccc1. The van der Waals surface area contributed by atoms with Gasteiger partial charge in [-0.25, -0.2) is 0 Å². The standard InChI is InChI=1S/C15H10F5P/c16-14(17)13(21(14)15(18,19)20,11-7-3-1-4-8-11)12-9-5-2-6-10-12/h1-10H. The number of benzene rings is 2. The summed E-state index contributed by atoms with van der Waals surface area (Å²) in [7, 11) is -3.47. The van der Waals surface area contributed by atoms with Crippen LogP contribution in [0.3, 0.4) is 0 Å². The average Bonchev–Trinajstić information content (AvgIpc) is 2.99. The summed E-state index contributed by atoms with van der Waals surface area (Å²) >= 11 is 0. The zero-order valence-electron chi connectivity index (χ0n) is 10.6. The molecule has 0 nitrogen and oxygen atoms in total. The molecule has 1 unspecified atom stereocenters. The van der Waals surface area contributed by atoms with Gasteiger partial charge in [0, 0.05) is 0 Å². The van der Waals surface area contributed by atoms with E-state index in [0.717, 1.165) is 0 Å². The Hall–Kier alpha value is -1.48. The van der Waals surface area contributed by atoms with Crippen molar-refractivity contribution in [2.75, 3.05) is 0 Å². The van der Waals surface area contributed by atoms with Crippen molar-refractivity contribution in [1.29, 1.82) is 0 Å². The Morgan fingerprint density at radius 2 is 1.10 bits per heavy atom. The molecule has 1 heterocycles. The lowest BCUT2D eigenvalue weighted by atomic mass is 9.91. The Labute approximate surface area is 119 Å². The molecule has 2 aromatic carbocycles. The number of halogens is 5. The first kappa shape index (κ1) is 14.5. The molecule has 0 aliphatic carbocycles. The number of hydrogen-bond acceptors (Lipinski definition) is 0. The van der Waals surface area contributed by atoms with Crippen molar-refractivity contribution in [3.8, 4) is 0 Å². The van der Waals surface area contributed by atoms with E-state index in [0.29, 0.717) is 0 Å². The summed E-state index contributed by atoms with van der Waals surface area (Å²) in [5.41, 5.74) is -3.75. The van der Waals surface area contributed by atoms with Crippen LogP contribution in [0.1, 0.15) is 11.1 Å². The summed E-state index contributed by atoms with van der Waals surface area (Å²) in [5, 5.41) is -2.26. The van der Waals surface area contributed by atoms with Gasteiger partial charge in [-0.05, 0) is 11.1 Å². The van der Waals surface area contributed by atoms with Crippen LogP contribution in [0.15, 0.2) is 60.7 Å². The van der Waals surface area contributed by atoms with Gasteiger partial charge >= 0.3 is 5.92 Å². The predicted octanol–water partition coefficient (Wildman–Crippen LogP) is 5.54. The minimum absolute atomic E-state index is 0.0182. The van der Waals surface area contributed by atoms with Crippen LogP contribution >= 0.6 is 7.92 Å². The molecule has 6 heteroatoms. The maximum absolute atomic E-state index is 14.3. The van der Waals surface area contributed by atoms with E-state index in [1.807, 2.05) is 0 Å². The van der Waals surface area contributed by atoms with Crippen LogP contribution in [0.4, 0.5) is 22.0 Å². The van der Waals surface area contributed by atoms with E-state index in [9.17, 15) is 22.0 Å². The molecule has 0 aromatic heterocycles. The van der Waals surface area contributed by atoms with Crippen molar-refractivity contribution >= 4 is 7.92 Å². The largest absolute Gasteiger partial charge is 0.412 e. The second-order valence-corrected chi connectivity index (χ2v) is 7.20. The fourth-order valence-corrected chi connectivity index (χ4v) is 5.32. The van der Waals surface area contributed by atoms with Gasteiger partial charge in [-0.15, -0.1) is 0 Å². The monoisotopic (exact) mass is 316 g/mol. The summed E-state index contributed by atoms with van der Waals surface area (Å²) in [6.07, 6.45) is 0. The molecule has 0 N–H and O–H groups in total. The van der Waals surface area contributed by atoms with Crippen LogP contribution in [0, 0.1) is 0 Å². The van der Waals surface area contributed by atoms with Crippen LogP contribution in [0.5, 0.6) is 0 Å². The summed E-state index contributed by atoms with van der Waals surface area (Å²) in [6.45, 7) is 0. The second-order valence-electron chi connectivity index (χ2n) is 4.79. The van der Waals surface area contributed by atoms with Gasteiger partial charge in [0.2, 0.25) is 0 Å². The third-order valence-corrected chi connectivity index (χ3v) is 6.29. The van der Waals surface area contributed by atoms with Gasteiger partial charge in [0.05, 0.1) is 0 Å². The van der Waals surface area contributed by atoms with Gasteiger partial charge in [-0.3, -0.25) is 0 Å². The van der Waals surface area contributed by atoms with E-state index >= 15 is 0 Å². The minimum atomic E-state index is -4.90. The lowest BCUT2D eigenvalue weighted by Crippen LogP contribution is -2.18. The van der Waals surface area contributed by atoms with E-state index in [4.69, 9.17) is 0 Å². The Morgan fingerprint density at radius 3 is 1.38 bits per heavy atom. The zero-order valence-corrected chi connectivity index (χ0v) is 11.5. The summed E-state index contributed by atoms with van der Waals surface area (Å²) in [6, 6.07) is 14.5. The first-order chi connectivity index (χ1) is 9.83. The van der Waals surface area contributed by atoms with E-state index in [-0.39, 0.29) is 11.1 Å². The number of hydrogen-bond donors (Lipinski definition) is 0. The van der Waals surface area contributed by atoms with Gasteiger partial charge in [-0.1, -0.05) is 60.7 Å².